The fraction of sp³-hybridized carbons (Fsp3) is 0.0769. The van der Waals surface area contributed by atoms with Gasteiger partial charge in [0.2, 0.25) is 5.76 Å². The second kappa shape index (κ2) is 10.6. The van der Waals surface area contributed by atoms with Crippen LogP contribution in [0.15, 0.2) is 83.5 Å². The largest absolute Gasteiger partial charge is 0.502 e. The predicted molar refractivity (Wildman–Crippen MR) is 132 cm³/mol. The second-order valence-corrected chi connectivity index (χ2v) is 8.03. The Bertz CT molecular complexity index is 1450. The molecule has 0 spiro atoms. The Morgan fingerprint density at radius 1 is 0.973 bits per heavy atom. The molecule has 10 nitrogen and oxygen atoms in total. The van der Waals surface area contributed by atoms with E-state index in [4.69, 9.17) is 4.42 Å². The third-order valence-electron chi connectivity index (χ3n) is 5.54. The zero-order valence-corrected chi connectivity index (χ0v) is 19.4. The molecule has 0 aliphatic carbocycles. The van der Waals surface area contributed by atoms with Gasteiger partial charge in [0, 0.05) is 28.9 Å². The summed E-state index contributed by atoms with van der Waals surface area (Å²) >= 11 is 0. The van der Waals surface area contributed by atoms with Gasteiger partial charge in [0.25, 0.3) is 5.91 Å². The smallest absolute Gasteiger partial charge is 0.311 e. The number of carbonyl (C=O) groups is 2. The first kappa shape index (κ1) is 24.9. The molecule has 1 atom stereocenters. The number of aromatic hydroxyl groups is 1. The molecule has 11 heteroatoms. The van der Waals surface area contributed by atoms with E-state index in [2.05, 4.69) is 16.2 Å². The van der Waals surface area contributed by atoms with Gasteiger partial charge in [0.1, 0.15) is 5.82 Å². The van der Waals surface area contributed by atoms with Gasteiger partial charge in [0.15, 0.2) is 5.75 Å². The van der Waals surface area contributed by atoms with Crippen LogP contribution in [0.5, 0.6) is 5.75 Å². The molecule has 4 aromatic rings. The standard InChI is InChI=1S/C26H21FN4O6/c1-15(16-2-7-19(27)8-3-16)28-20-9-4-17(5-10-20)21-12-13-37-24(21)26(34)30-29-25(33)18-6-11-23(32)22(14-18)31(35)36/h2-15,28,32H,1H3,(H,29,33)(H,30,34)/t15-/m0/s1. The molecule has 0 saturated carbocycles. The van der Waals surface area contributed by atoms with E-state index in [1.165, 1.54) is 24.5 Å². The van der Waals surface area contributed by atoms with Crippen LogP contribution >= 0.6 is 0 Å². The van der Waals surface area contributed by atoms with Crippen molar-refractivity contribution in [2.45, 2.75) is 13.0 Å². The second-order valence-electron chi connectivity index (χ2n) is 8.03. The molecule has 0 unspecified atom stereocenters. The number of amides is 2. The van der Waals surface area contributed by atoms with Gasteiger partial charge in [-0.2, -0.15) is 0 Å². The average molecular weight is 504 g/mol. The average Bonchev–Trinajstić information content (AvgIpc) is 3.38. The molecule has 37 heavy (non-hydrogen) atoms. The molecule has 0 bridgehead atoms. The summed E-state index contributed by atoms with van der Waals surface area (Å²) in [5.41, 5.74) is 6.49. The Morgan fingerprint density at radius 2 is 1.65 bits per heavy atom. The number of benzene rings is 3. The molecule has 0 aliphatic heterocycles. The van der Waals surface area contributed by atoms with Crippen molar-refractivity contribution in [2.75, 3.05) is 5.32 Å². The number of nitro groups is 1. The molecular formula is C26H21FN4O6. The molecule has 0 fully saturated rings. The maximum absolute atomic E-state index is 13.2. The third-order valence-corrected chi connectivity index (χ3v) is 5.54. The number of furan rings is 1. The Morgan fingerprint density at radius 3 is 2.32 bits per heavy atom. The number of phenolic OH excluding ortho intramolecular Hbond substituents is 1. The summed E-state index contributed by atoms with van der Waals surface area (Å²) in [6.07, 6.45) is 1.33. The first-order chi connectivity index (χ1) is 17.7. The van der Waals surface area contributed by atoms with Crippen molar-refractivity contribution in [1.82, 2.24) is 10.9 Å². The number of nitrogens with one attached hydrogen (secondary N) is 3. The van der Waals surface area contributed by atoms with Crippen molar-refractivity contribution in [1.29, 1.82) is 0 Å². The molecule has 0 aliphatic rings. The quantitative estimate of drug-likeness (QED) is 0.206. The van der Waals surface area contributed by atoms with Gasteiger partial charge in [-0.15, -0.1) is 0 Å². The number of hydrogen-bond donors (Lipinski definition) is 4. The molecule has 2 amide bonds. The SMILES string of the molecule is C[C@H](Nc1ccc(-c2ccoc2C(=O)NNC(=O)c2ccc(O)c([N+](=O)[O-])c2)cc1)c1ccc(F)cc1. The zero-order chi connectivity index (χ0) is 26.5. The highest BCUT2D eigenvalue weighted by Crippen LogP contribution is 2.28. The minimum atomic E-state index is -0.829. The van der Waals surface area contributed by atoms with Crippen molar-refractivity contribution >= 4 is 23.2 Å². The van der Waals surface area contributed by atoms with E-state index in [9.17, 15) is 29.2 Å². The van der Waals surface area contributed by atoms with E-state index in [0.717, 1.165) is 23.4 Å². The molecule has 4 N–H and O–H groups in total. The molecule has 0 saturated heterocycles. The molecule has 3 aromatic carbocycles. The van der Waals surface area contributed by atoms with Gasteiger partial charge < -0.3 is 14.8 Å². The van der Waals surface area contributed by atoms with Gasteiger partial charge in [-0.3, -0.25) is 30.6 Å². The van der Waals surface area contributed by atoms with Gasteiger partial charge in [-0.1, -0.05) is 24.3 Å². The van der Waals surface area contributed by atoms with Crippen LogP contribution in [0.2, 0.25) is 0 Å². The molecule has 0 radical (unpaired) electrons. The number of rotatable bonds is 7. The predicted octanol–water partition coefficient (Wildman–Crippen LogP) is 4.95. The summed E-state index contributed by atoms with van der Waals surface area (Å²) in [7, 11) is 0. The number of nitro benzene ring substituents is 1. The lowest BCUT2D eigenvalue weighted by atomic mass is 10.0. The maximum Gasteiger partial charge on any atom is 0.311 e. The molecule has 188 valence electrons. The lowest BCUT2D eigenvalue weighted by molar-refractivity contribution is -0.385. The van der Waals surface area contributed by atoms with Crippen molar-refractivity contribution in [3.63, 3.8) is 0 Å². The summed E-state index contributed by atoms with van der Waals surface area (Å²) in [4.78, 5) is 35.1. The van der Waals surface area contributed by atoms with Crippen molar-refractivity contribution < 1.29 is 28.4 Å². The number of halogens is 1. The minimum absolute atomic E-state index is 0.0580. The van der Waals surface area contributed by atoms with Crippen LogP contribution in [0.3, 0.4) is 0 Å². The van der Waals surface area contributed by atoms with Crippen LogP contribution in [0.25, 0.3) is 11.1 Å². The number of phenols is 1. The van der Waals surface area contributed by atoms with E-state index in [1.807, 2.05) is 19.1 Å². The number of hydrogen-bond acceptors (Lipinski definition) is 7. The van der Waals surface area contributed by atoms with Crippen LogP contribution in [-0.4, -0.2) is 21.8 Å². The Balaban J connectivity index is 1.41. The van der Waals surface area contributed by atoms with Crippen molar-refractivity contribution in [3.8, 4) is 16.9 Å². The van der Waals surface area contributed by atoms with Gasteiger partial charge in [-0.05, 0) is 60.5 Å². The van der Waals surface area contributed by atoms with Crippen LogP contribution in [-0.2, 0) is 0 Å². The molecule has 1 heterocycles. The van der Waals surface area contributed by atoms with Gasteiger partial charge in [-0.25, -0.2) is 4.39 Å². The first-order valence-corrected chi connectivity index (χ1v) is 11.0. The number of carbonyl (C=O) groups excluding carboxylic acids is 2. The Hall–Kier alpha value is -5.19. The summed E-state index contributed by atoms with van der Waals surface area (Å²) < 4.78 is 18.5. The fourth-order valence-electron chi connectivity index (χ4n) is 3.60. The zero-order valence-electron chi connectivity index (χ0n) is 19.4. The maximum atomic E-state index is 13.2. The van der Waals surface area contributed by atoms with Crippen molar-refractivity contribution in [2.24, 2.45) is 0 Å². The van der Waals surface area contributed by atoms with Crippen LogP contribution in [0.1, 0.15) is 39.4 Å². The third kappa shape index (κ3) is 5.73. The summed E-state index contributed by atoms with van der Waals surface area (Å²) in [5.74, 6) is -2.51. The lowest BCUT2D eigenvalue weighted by Crippen LogP contribution is -2.41. The highest BCUT2D eigenvalue weighted by molar-refractivity contribution is 6.01. The van der Waals surface area contributed by atoms with Crippen LogP contribution < -0.4 is 16.2 Å². The van der Waals surface area contributed by atoms with E-state index < -0.39 is 28.2 Å². The van der Waals surface area contributed by atoms with Crippen molar-refractivity contribution in [3.05, 3.63) is 112 Å². The summed E-state index contributed by atoms with van der Waals surface area (Å²) in [6, 6.07) is 18.0. The lowest BCUT2D eigenvalue weighted by Gasteiger charge is -2.16. The molecule has 1 aromatic heterocycles. The van der Waals surface area contributed by atoms with E-state index in [1.54, 1.807) is 30.3 Å². The fourth-order valence-corrected chi connectivity index (χ4v) is 3.60. The first-order valence-electron chi connectivity index (χ1n) is 11.0. The minimum Gasteiger partial charge on any atom is -0.502 e. The van der Waals surface area contributed by atoms with Crippen LogP contribution in [0.4, 0.5) is 15.8 Å². The van der Waals surface area contributed by atoms with Gasteiger partial charge in [0.05, 0.1) is 11.2 Å². The monoisotopic (exact) mass is 504 g/mol. The van der Waals surface area contributed by atoms with E-state index >= 15 is 0 Å². The summed E-state index contributed by atoms with van der Waals surface area (Å²) in [6.45, 7) is 1.95. The van der Waals surface area contributed by atoms with Crippen LogP contribution in [0, 0.1) is 15.9 Å². The summed E-state index contributed by atoms with van der Waals surface area (Å²) in [5, 5.41) is 23.8. The van der Waals surface area contributed by atoms with Gasteiger partial charge >= 0.3 is 11.6 Å². The highest BCUT2D eigenvalue weighted by atomic mass is 19.1. The van der Waals surface area contributed by atoms with E-state index in [0.29, 0.717) is 11.1 Å². The molecular weight excluding hydrogens is 483 g/mol. The Labute approximate surface area is 209 Å². The molecule has 4 rings (SSSR count). The Kier molecular flexibility index (Phi) is 7.14. The normalized spacial score (nSPS) is 11.4. The number of hydrazine groups is 1. The topological polar surface area (TPSA) is 147 Å². The highest BCUT2D eigenvalue weighted by Gasteiger charge is 2.20. The number of anilines is 1. The van der Waals surface area contributed by atoms with E-state index in [-0.39, 0.29) is 23.2 Å². The number of nitrogens with zero attached hydrogens (tertiary/aromatic N) is 1.